The van der Waals surface area contributed by atoms with Gasteiger partial charge in [0.25, 0.3) is 5.91 Å². The zero-order valence-electron chi connectivity index (χ0n) is 13.4. The summed E-state index contributed by atoms with van der Waals surface area (Å²) in [5, 5.41) is 2.95. The van der Waals surface area contributed by atoms with Gasteiger partial charge in [0.15, 0.2) is 5.76 Å². The molecule has 0 aliphatic heterocycles. The van der Waals surface area contributed by atoms with Crippen molar-refractivity contribution in [3.05, 3.63) is 72.1 Å². The molecule has 0 fully saturated rings. The molecule has 2 aromatic heterocycles. The molecule has 2 heterocycles. The van der Waals surface area contributed by atoms with Gasteiger partial charge in [-0.2, -0.15) is 0 Å². The molecule has 0 aliphatic carbocycles. The lowest BCUT2D eigenvalue weighted by Gasteiger charge is -2.09. The quantitative estimate of drug-likeness (QED) is 0.678. The third kappa shape index (κ3) is 3.86. The Balaban J connectivity index is 1.64. The van der Waals surface area contributed by atoms with E-state index in [0.717, 1.165) is 27.7 Å². The van der Waals surface area contributed by atoms with Gasteiger partial charge in [0.05, 0.1) is 11.8 Å². The Labute approximate surface area is 145 Å². The lowest BCUT2D eigenvalue weighted by Crippen LogP contribution is -2.23. The van der Waals surface area contributed by atoms with Crippen molar-refractivity contribution in [2.24, 2.45) is 0 Å². The highest BCUT2D eigenvalue weighted by molar-refractivity contribution is 7.99. The van der Waals surface area contributed by atoms with Gasteiger partial charge in [0, 0.05) is 17.6 Å². The second-order valence-corrected chi connectivity index (χ2v) is 6.45. The molecule has 3 aromatic rings. The van der Waals surface area contributed by atoms with Crippen LogP contribution in [0.1, 0.15) is 22.8 Å². The summed E-state index contributed by atoms with van der Waals surface area (Å²) in [6.07, 6.45) is 3.38. The monoisotopic (exact) mass is 338 g/mol. The van der Waals surface area contributed by atoms with Crippen molar-refractivity contribution in [1.82, 2.24) is 10.3 Å². The van der Waals surface area contributed by atoms with Crippen LogP contribution in [0.5, 0.6) is 0 Å². The van der Waals surface area contributed by atoms with Gasteiger partial charge in [-0.15, -0.1) is 11.8 Å². The van der Waals surface area contributed by atoms with Gasteiger partial charge in [-0.05, 0) is 41.6 Å². The number of rotatable bonds is 6. The number of carbonyl (C=O) groups excluding carboxylic acids is 1. The van der Waals surface area contributed by atoms with Crippen molar-refractivity contribution in [2.75, 3.05) is 5.75 Å². The van der Waals surface area contributed by atoms with Gasteiger partial charge in [0.2, 0.25) is 0 Å². The normalized spacial score (nSPS) is 10.5. The van der Waals surface area contributed by atoms with Crippen LogP contribution in [0, 0.1) is 0 Å². The highest BCUT2D eigenvalue weighted by Gasteiger charge is 2.10. The third-order valence-corrected chi connectivity index (χ3v) is 4.44. The summed E-state index contributed by atoms with van der Waals surface area (Å²) in [4.78, 5) is 17.8. The van der Waals surface area contributed by atoms with E-state index in [0.29, 0.717) is 12.1 Å². The minimum Gasteiger partial charge on any atom is -0.463 e. The second kappa shape index (κ2) is 7.84. The number of amides is 1. The molecule has 0 saturated heterocycles. The predicted octanol–water partition coefficient (Wildman–Crippen LogP) is 4.38. The Kier molecular flexibility index (Phi) is 5.33. The smallest absolute Gasteiger partial charge is 0.252 e. The molecule has 5 heteroatoms. The first kappa shape index (κ1) is 16.3. The van der Waals surface area contributed by atoms with Crippen LogP contribution in [0.25, 0.3) is 11.5 Å². The lowest BCUT2D eigenvalue weighted by atomic mass is 10.2. The van der Waals surface area contributed by atoms with Gasteiger partial charge >= 0.3 is 0 Å². The number of carbonyl (C=O) groups is 1. The number of benzene rings is 1. The van der Waals surface area contributed by atoms with Crippen LogP contribution in [-0.2, 0) is 6.54 Å². The number of furan rings is 1. The molecule has 0 saturated carbocycles. The highest BCUT2D eigenvalue weighted by atomic mass is 32.2. The first-order valence-electron chi connectivity index (χ1n) is 7.76. The fourth-order valence-corrected chi connectivity index (χ4v) is 3.11. The fraction of sp³-hybridized carbons (Fsp3) is 0.158. The van der Waals surface area contributed by atoms with E-state index in [1.54, 1.807) is 24.2 Å². The predicted molar refractivity (Wildman–Crippen MR) is 95.9 cm³/mol. The van der Waals surface area contributed by atoms with E-state index >= 15 is 0 Å². The molecule has 4 nitrogen and oxygen atoms in total. The van der Waals surface area contributed by atoms with E-state index in [2.05, 4.69) is 17.2 Å². The molecule has 0 spiro atoms. The van der Waals surface area contributed by atoms with Gasteiger partial charge < -0.3 is 9.73 Å². The molecule has 1 aromatic carbocycles. The maximum Gasteiger partial charge on any atom is 0.252 e. The molecule has 0 unspecified atom stereocenters. The summed E-state index contributed by atoms with van der Waals surface area (Å²) in [5.74, 6) is 1.60. The summed E-state index contributed by atoms with van der Waals surface area (Å²) in [6.45, 7) is 2.51. The number of nitrogens with one attached hydrogen (secondary N) is 1. The topological polar surface area (TPSA) is 55.1 Å². The molecule has 1 amide bonds. The first-order valence-corrected chi connectivity index (χ1v) is 8.75. The Bertz CT molecular complexity index is 798. The Morgan fingerprint density at radius 3 is 2.75 bits per heavy atom. The number of nitrogens with zero attached hydrogens (tertiary/aromatic N) is 1. The molecule has 0 aliphatic rings. The van der Waals surface area contributed by atoms with Crippen molar-refractivity contribution in [2.45, 2.75) is 18.4 Å². The average molecular weight is 338 g/mol. The Morgan fingerprint density at radius 1 is 1.17 bits per heavy atom. The molecule has 0 atom stereocenters. The molecule has 122 valence electrons. The van der Waals surface area contributed by atoms with Gasteiger partial charge in [-0.3, -0.25) is 9.78 Å². The van der Waals surface area contributed by atoms with Gasteiger partial charge in [0.1, 0.15) is 5.69 Å². The third-order valence-electron chi connectivity index (χ3n) is 3.48. The maximum atomic E-state index is 12.4. The number of aromatic nitrogens is 1. The lowest BCUT2D eigenvalue weighted by molar-refractivity contribution is 0.0948. The van der Waals surface area contributed by atoms with Crippen molar-refractivity contribution in [1.29, 1.82) is 0 Å². The number of thioether (sulfide) groups is 1. The minimum atomic E-state index is -0.0679. The highest BCUT2D eigenvalue weighted by Crippen LogP contribution is 2.22. The van der Waals surface area contributed by atoms with Crippen LogP contribution in [0.4, 0.5) is 0 Å². The summed E-state index contributed by atoms with van der Waals surface area (Å²) in [6, 6.07) is 15.2. The molecule has 0 radical (unpaired) electrons. The Morgan fingerprint density at radius 2 is 2.04 bits per heavy atom. The summed E-state index contributed by atoms with van der Waals surface area (Å²) in [7, 11) is 0. The molecule has 3 rings (SSSR count). The average Bonchev–Trinajstić information content (AvgIpc) is 3.15. The summed E-state index contributed by atoms with van der Waals surface area (Å²) < 4.78 is 5.32. The van der Waals surface area contributed by atoms with Crippen molar-refractivity contribution in [3.8, 4) is 11.5 Å². The van der Waals surface area contributed by atoms with Crippen LogP contribution >= 0.6 is 11.8 Å². The standard InChI is InChI=1S/C19H18N2O2S/c1-2-24-18-8-4-3-6-15(18)19(22)21-13-14-9-10-16(20-12-14)17-7-5-11-23-17/h3-12H,2,13H2,1H3,(H,21,22). The molecule has 24 heavy (non-hydrogen) atoms. The first-order chi connectivity index (χ1) is 11.8. The number of pyridine rings is 1. The van der Waals surface area contributed by atoms with Crippen LogP contribution < -0.4 is 5.32 Å². The van der Waals surface area contributed by atoms with Crippen LogP contribution in [0.15, 0.2) is 70.3 Å². The van der Waals surface area contributed by atoms with Crippen molar-refractivity contribution < 1.29 is 9.21 Å². The number of hydrogen-bond donors (Lipinski definition) is 1. The molecule has 1 N–H and O–H groups in total. The molecular weight excluding hydrogens is 320 g/mol. The van der Waals surface area contributed by atoms with E-state index in [9.17, 15) is 4.79 Å². The van der Waals surface area contributed by atoms with Gasteiger partial charge in [-0.25, -0.2) is 0 Å². The largest absolute Gasteiger partial charge is 0.463 e. The van der Waals surface area contributed by atoms with Crippen molar-refractivity contribution >= 4 is 17.7 Å². The minimum absolute atomic E-state index is 0.0679. The van der Waals surface area contributed by atoms with E-state index in [1.807, 2.05) is 48.5 Å². The van der Waals surface area contributed by atoms with Crippen molar-refractivity contribution in [3.63, 3.8) is 0 Å². The molecular formula is C19H18N2O2S. The van der Waals surface area contributed by atoms with Crippen LogP contribution in [-0.4, -0.2) is 16.6 Å². The van der Waals surface area contributed by atoms with E-state index in [-0.39, 0.29) is 5.91 Å². The van der Waals surface area contributed by atoms with E-state index in [1.165, 1.54) is 0 Å². The second-order valence-electron chi connectivity index (χ2n) is 5.14. The van der Waals surface area contributed by atoms with E-state index < -0.39 is 0 Å². The zero-order valence-corrected chi connectivity index (χ0v) is 14.2. The van der Waals surface area contributed by atoms with Gasteiger partial charge in [-0.1, -0.05) is 25.1 Å². The SMILES string of the molecule is CCSc1ccccc1C(=O)NCc1ccc(-c2ccco2)nc1. The molecule has 0 bridgehead atoms. The summed E-state index contributed by atoms with van der Waals surface area (Å²) >= 11 is 1.67. The summed E-state index contributed by atoms with van der Waals surface area (Å²) in [5.41, 5.74) is 2.43. The number of hydrogen-bond acceptors (Lipinski definition) is 4. The Hall–Kier alpha value is -2.53. The zero-order chi connectivity index (χ0) is 16.8. The van der Waals surface area contributed by atoms with Crippen LogP contribution in [0.2, 0.25) is 0 Å². The fourth-order valence-electron chi connectivity index (χ4n) is 2.31. The maximum absolute atomic E-state index is 12.4. The van der Waals surface area contributed by atoms with E-state index in [4.69, 9.17) is 4.42 Å². The van der Waals surface area contributed by atoms with Crippen LogP contribution in [0.3, 0.4) is 0 Å².